The van der Waals surface area contributed by atoms with E-state index in [0.29, 0.717) is 6.42 Å². The van der Waals surface area contributed by atoms with Crippen LogP contribution in [0.3, 0.4) is 0 Å². The summed E-state index contributed by atoms with van der Waals surface area (Å²) in [6, 6.07) is 8.32. The number of aliphatic hydroxyl groups excluding tert-OH is 3. The molecule has 11 heteroatoms. The third kappa shape index (κ3) is 14.1. The topological polar surface area (TPSA) is 183 Å². The molecule has 0 unspecified atom stereocenters. The van der Waals surface area contributed by atoms with Gasteiger partial charge >= 0.3 is 5.97 Å². The van der Waals surface area contributed by atoms with Gasteiger partial charge in [0, 0.05) is 25.0 Å². The zero-order chi connectivity index (χ0) is 36.3. The van der Waals surface area contributed by atoms with Gasteiger partial charge in [0.15, 0.2) is 5.78 Å². The Morgan fingerprint density at radius 3 is 1.82 bits per heavy atom. The van der Waals surface area contributed by atoms with Crippen molar-refractivity contribution in [2.24, 2.45) is 0 Å². The summed E-state index contributed by atoms with van der Waals surface area (Å²) in [6.45, 7) is 1.83. The monoisotopic (exact) mass is 702 g/mol. The molecule has 3 rings (SSSR count). The summed E-state index contributed by atoms with van der Waals surface area (Å²) in [4.78, 5) is 25.6. The first-order valence-corrected chi connectivity index (χ1v) is 18.5. The molecule has 50 heavy (non-hydrogen) atoms. The molecule has 0 radical (unpaired) electrons. The minimum Gasteiger partial charge on any atom is -0.508 e. The van der Waals surface area contributed by atoms with E-state index in [9.17, 15) is 40.2 Å². The first kappa shape index (κ1) is 41.0. The summed E-state index contributed by atoms with van der Waals surface area (Å²) in [7, 11) is 0. The van der Waals surface area contributed by atoms with E-state index in [1.807, 2.05) is 0 Å². The number of ether oxygens (including phenoxy) is 3. The highest BCUT2D eigenvalue weighted by molar-refractivity contribution is 6.01. The predicted octanol–water partition coefficient (Wildman–Crippen LogP) is 6.61. The fourth-order valence-corrected chi connectivity index (χ4v) is 6.17. The molecule has 1 fully saturated rings. The van der Waals surface area contributed by atoms with E-state index in [4.69, 9.17) is 14.2 Å². The van der Waals surface area contributed by atoms with Crippen LogP contribution in [-0.2, 0) is 20.7 Å². The van der Waals surface area contributed by atoms with Crippen molar-refractivity contribution < 1.29 is 54.4 Å². The van der Waals surface area contributed by atoms with Crippen molar-refractivity contribution in [3.05, 3.63) is 47.5 Å². The number of Topliss-reactive ketones (excluding diaryl/α,β-unsaturated/α-hetero) is 1. The van der Waals surface area contributed by atoms with Crippen LogP contribution in [0, 0.1) is 0 Å². The van der Waals surface area contributed by atoms with Crippen LogP contribution in [-0.4, -0.2) is 79.7 Å². The van der Waals surface area contributed by atoms with Crippen LogP contribution in [0.1, 0.15) is 132 Å². The van der Waals surface area contributed by atoms with Crippen LogP contribution in [0.4, 0.5) is 0 Å². The molecule has 0 bridgehead atoms. The highest BCUT2D eigenvalue weighted by Gasteiger charge is 2.46. The van der Waals surface area contributed by atoms with Crippen LogP contribution < -0.4 is 4.74 Å². The lowest BCUT2D eigenvalue weighted by Gasteiger charge is -2.40. The van der Waals surface area contributed by atoms with Crippen LogP contribution in [0.5, 0.6) is 23.0 Å². The van der Waals surface area contributed by atoms with Gasteiger partial charge in [-0.2, -0.15) is 0 Å². The largest absolute Gasteiger partial charge is 0.508 e. The molecule has 1 aliphatic heterocycles. The lowest BCUT2D eigenvalue weighted by molar-refractivity contribution is -0.278. The van der Waals surface area contributed by atoms with Gasteiger partial charge in [-0.3, -0.25) is 9.59 Å². The van der Waals surface area contributed by atoms with Gasteiger partial charge in [-0.1, -0.05) is 109 Å². The molecule has 1 heterocycles. The molecule has 5 atom stereocenters. The Bertz CT molecular complexity index is 1280. The van der Waals surface area contributed by atoms with E-state index < -0.39 is 60.6 Å². The SMILES string of the molecule is CCCCCCCCCCCCCCCCCC(=O)OC[C@H]1O[C@@H](Oc2cc(O)cc(O)c2C(=O)CCc2ccc(O)cc2)[C@H](O)[C@@H](O)[C@@H]1O. The number of ketones is 1. The van der Waals surface area contributed by atoms with Gasteiger partial charge in [-0.25, -0.2) is 0 Å². The summed E-state index contributed by atoms with van der Waals surface area (Å²) in [5.41, 5.74) is 0.487. The van der Waals surface area contributed by atoms with Crippen LogP contribution in [0.15, 0.2) is 36.4 Å². The Balaban J connectivity index is 1.39. The first-order valence-electron chi connectivity index (χ1n) is 18.5. The lowest BCUT2D eigenvalue weighted by atomic mass is 9.98. The quantitative estimate of drug-likeness (QED) is 0.0393. The number of phenols is 3. The first-order chi connectivity index (χ1) is 24.1. The van der Waals surface area contributed by atoms with E-state index in [2.05, 4.69) is 6.92 Å². The number of esters is 1. The number of phenolic OH excluding ortho intramolecular Hbond substituents is 3. The molecule has 0 aliphatic carbocycles. The maximum absolute atomic E-state index is 13.1. The Morgan fingerprint density at radius 2 is 1.24 bits per heavy atom. The summed E-state index contributed by atoms with van der Waals surface area (Å²) in [5, 5.41) is 61.8. The molecule has 1 saturated heterocycles. The van der Waals surface area contributed by atoms with Crippen LogP contribution in [0.2, 0.25) is 0 Å². The third-order valence-corrected chi connectivity index (χ3v) is 9.23. The van der Waals surface area contributed by atoms with Crippen molar-refractivity contribution in [2.45, 2.75) is 153 Å². The second kappa shape index (κ2) is 22.4. The summed E-state index contributed by atoms with van der Waals surface area (Å²) in [5.74, 6) is -2.24. The molecule has 2 aromatic rings. The fourth-order valence-electron chi connectivity index (χ4n) is 6.17. The number of unbranched alkanes of at least 4 members (excludes halogenated alkanes) is 14. The van der Waals surface area contributed by atoms with Gasteiger partial charge in [-0.15, -0.1) is 0 Å². The number of aliphatic hydroxyl groups is 3. The Morgan fingerprint density at radius 1 is 0.680 bits per heavy atom. The zero-order valence-corrected chi connectivity index (χ0v) is 29.5. The predicted molar refractivity (Wildman–Crippen MR) is 188 cm³/mol. The molecule has 0 amide bonds. The molecular weight excluding hydrogens is 644 g/mol. The van der Waals surface area contributed by atoms with Crippen LogP contribution in [0.25, 0.3) is 0 Å². The van der Waals surface area contributed by atoms with E-state index in [0.717, 1.165) is 37.0 Å². The standard InChI is InChI=1S/C39H58O11/c1-2-3-4-5-6-7-8-9-10-11-12-13-14-15-16-17-34(44)48-26-33-36(45)37(46)38(47)39(50-33)49-32-25-29(41)24-31(43)35(32)30(42)23-20-27-18-21-28(40)22-19-27/h18-19,21-22,24-25,33,36-41,43,45-47H,2-17,20,23,26H2,1H3/t33-,36-,37+,38-,39-/m1/s1. The van der Waals surface area contributed by atoms with Crippen molar-refractivity contribution >= 4 is 11.8 Å². The number of hydrogen-bond acceptors (Lipinski definition) is 11. The molecule has 0 saturated carbocycles. The van der Waals surface area contributed by atoms with Crippen molar-refractivity contribution in [1.29, 1.82) is 0 Å². The Kier molecular flexibility index (Phi) is 18.4. The van der Waals surface area contributed by atoms with Crippen molar-refractivity contribution in [3.8, 4) is 23.0 Å². The molecule has 0 spiro atoms. The van der Waals surface area contributed by atoms with Crippen molar-refractivity contribution in [1.82, 2.24) is 0 Å². The van der Waals surface area contributed by atoms with E-state index in [1.165, 1.54) is 82.8 Å². The molecule has 11 nitrogen and oxygen atoms in total. The van der Waals surface area contributed by atoms with Gasteiger partial charge in [0.2, 0.25) is 6.29 Å². The van der Waals surface area contributed by atoms with Gasteiger partial charge in [0.1, 0.15) is 59.6 Å². The number of carbonyl (C=O) groups is 2. The normalized spacial score (nSPS) is 20.4. The molecule has 2 aromatic carbocycles. The van der Waals surface area contributed by atoms with Gasteiger partial charge < -0.3 is 44.8 Å². The summed E-state index contributed by atoms with van der Waals surface area (Å²) < 4.78 is 16.7. The highest BCUT2D eigenvalue weighted by atomic mass is 16.7. The highest BCUT2D eigenvalue weighted by Crippen LogP contribution is 2.36. The number of carbonyl (C=O) groups excluding carboxylic acids is 2. The van der Waals surface area contributed by atoms with Gasteiger partial charge in [0.05, 0.1) is 0 Å². The summed E-state index contributed by atoms with van der Waals surface area (Å²) in [6.07, 6.45) is 10.6. The van der Waals surface area contributed by atoms with E-state index in [1.54, 1.807) is 12.1 Å². The van der Waals surface area contributed by atoms with E-state index >= 15 is 0 Å². The number of rotatable bonds is 24. The molecule has 280 valence electrons. The lowest BCUT2D eigenvalue weighted by Crippen LogP contribution is -2.60. The smallest absolute Gasteiger partial charge is 0.305 e. The maximum Gasteiger partial charge on any atom is 0.305 e. The molecule has 6 N–H and O–H groups in total. The average molecular weight is 703 g/mol. The number of benzene rings is 2. The molecular formula is C39H58O11. The third-order valence-electron chi connectivity index (χ3n) is 9.23. The average Bonchev–Trinajstić information content (AvgIpc) is 3.09. The second-order valence-electron chi connectivity index (χ2n) is 13.4. The zero-order valence-electron chi connectivity index (χ0n) is 29.5. The number of hydrogen-bond donors (Lipinski definition) is 6. The second-order valence-corrected chi connectivity index (χ2v) is 13.4. The van der Waals surface area contributed by atoms with Crippen molar-refractivity contribution in [3.63, 3.8) is 0 Å². The Labute approximate surface area is 296 Å². The maximum atomic E-state index is 13.1. The minimum absolute atomic E-state index is 0.0627. The van der Waals surface area contributed by atoms with Gasteiger partial charge in [0.25, 0.3) is 0 Å². The van der Waals surface area contributed by atoms with E-state index in [-0.39, 0.29) is 36.3 Å². The minimum atomic E-state index is -1.78. The number of aromatic hydroxyl groups is 3. The Hall–Kier alpha value is -3.38. The van der Waals surface area contributed by atoms with Gasteiger partial charge in [-0.05, 0) is 30.5 Å². The molecule has 0 aromatic heterocycles. The number of aryl methyl sites for hydroxylation is 1. The van der Waals surface area contributed by atoms with Crippen LogP contribution >= 0.6 is 0 Å². The summed E-state index contributed by atoms with van der Waals surface area (Å²) >= 11 is 0. The fraction of sp³-hybridized carbons (Fsp3) is 0.641. The van der Waals surface area contributed by atoms with Crippen molar-refractivity contribution in [2.75, 3.05) is 6.61 Å². The molecule has 1 aliphatic rings.